The SMILES string of the molecule is Br.CN[C@H]1CC[C@@]2(C)C(=CC[C@H]3[C@@H]4CC[C@H](C(C)O)[C@@]4(CO)CC[C@@H]32)C1. The van der Waals surface area contributed by atoms with E-state index in [1.807, 2.05) is 6.92 Å². The molecule has 4 heteroatoms. The van der Waals surface area contributed by atoms with Crippen LogP contribution >= 0.6 is 17.0 Å². The third-order valence-corrected chi connectivity index (χ3v) is 9.17. The number of fused-ring (bicyclic) bond motifs is 5. The summed E-state index contributed by atoms with van der Waals surface area (Å²) in [4.78, 5) is 0. The maximum absolute atomic E-state index is 10.4. The monoisotopic (exact) mass is 427 g/mol. The normalized spacial score (nSPS) is 48.5. The van der Waals surface area contributed by atoms with Crippen LogP contribution in [-0.4, -0.2) is 36.0 Å². The highest BCUT2D eigenvalue weighted by Gasteiger charge is 2.60. The number of aliphatic hydroxyl groups excluding tert-OH is 2. The second-order valence-corrected chi connectivity index (χ2v) is 9.84. The number of rotatable bonds is 3. The highest BCUT2D eigenvalue weighted by molar-refractivity contribution is 8.93. The third-order valence-electron chi connectivity index (χ3n) is 9.17. The fourth-order valence-electron chi connectivity index (χ4n) is 7.79. The van der Waals surface area contributed by atoms with Crippen molar-refractivity contribution in [2.75, 3.05) is 13.7 Å². The van der Waals surface area contributed by atoms with E-state index in [-0.39, 0.29) is 35.1 Å². The van der Waals surface area contributed by atoms with Crippen molar-refractivity contribution in [1.82, 2.24) is 5.32 Å². The highest BCUT2D eigenvalue weighted by Crippen LogP contribution is 2.66. The molecule has 26 heavy (non-hydrogen) atoms. The van der Waals surface area contributed by atoms with Crippen molar-refractivity contribution in [3.8, 4) is 0 Å². The quantitative estimate of drug-likeness (QED) is 0.594. The molecule has 0 aromatic carbocycles. The van der Waals surface area contributed by atoms with Crippen LogP contribution in [0.1, 0.15) is 65.2 Å². The smallest absolute Gasteiger partial charge is 0.0546 e. The summed E-state index contributed by atoms with van der Waals surface area (Å²) in [5.41, 5.74) is 2.07. The standard InChI is InChI=1S/C22H37NO2.BrH/c1-14(25)18-6-7-20-17-5-4-15-12-16(23-3)8-10-21(15,2)19(17)9-11-22(18,20)13-24;/h4,14,16-20,23-25H,5-13H2,1-3H3;1H/t14?,16-,17+,18+,19-,20-,21-,22-;/m0./s1. The molecule has 0 radical (unpaired) electrons. The first kappa shape index (κ1) is 20.8. The molecule has 3 fully saturated rings. The summed E-state index contributed by atoms with van der Waals surface area (Å²) in [6.45, 7) is 4.75. The van der Waals surface area contributed by atoms with E-state index >= 15 is 0 Å². The van der Waals surface area contributed by atoms with E-state index in [2.05, 4.69) is 25.4 Å². The van der Waals surface area contributed by atoms with Gasteiger partial charge in [-0.3, -0.25) is 0 Å². The van der Waals surface area contributed by atoms with Gasteiger partial charge in [0.25, 0.3) is 0 Å². The van der Waals surface area contributed by atoms with E-state index in [0.29, 0.717) is 29.2 Å². The molecule has 4 aliphatic carbocycles. The maximum Gasteiger partial charge on any atom is 0.0546 e. The Balaban J connectivity index is 0.00000196. The van der Waals surface area contributed by atoms with Crippen LogP contribution in [0.4, 0.5) is 0 Å². The second kappa shape index (κ2) is 7.50. The van der Waals surface area contributed by atoms with Crippen LogP contribution in [0.2, 0.25) is 0 Å². The van der Waals surface area contributed by atoms with Crippen LogP contribution in [0.15, 0.2) is 11.6 Å². The van der Waals surface area contributed by atoms with Crippen LogP contribution in [0, 0.1) is 34.5 Å². The van der Waals surface area contributed by atoms with Crippen molar-refractivity contribution in [3.05, 3.63) is 11.6 Å². The van der Waals surface area contributed by atoms with Gasteiger partial charge in [-0.1, -0.05) is 18.6 Å². The van der Waals surface area contributed by atoms with Crippen molar-refractivity contribution >= 4 is 17.0 Å². The van der Waals surface area contributed by atoms with Crippen molar-refractivity contribution in [3.63, 3.8) is 0 Å². The molecule has 3 saturated carbocycles. The summed E-state index contributed by atoms with van der Waals surface area (Å²) >= 11 is 0. The predicted octanol–water partition coefficient (Wildman–Crippen LogP) is 4.08. The summed E-state index contributed by atoms with van der Waals surface area (Å²) in [6, 6.07) is 0.655. The van der Waals surface area contributed by atoms with Gasteiger partial charge in [0.1, 0.15) is 0 Å². The molecule has 0 heterocycles. The van der Waals surface area contributed by atoms with Gasteiger partial charge in [0.05, 0.1) is 6.10 Å². The number of hydrogen-bond donors (Lipinski definition) is 3. The molecule has 0 aromatic heterocycles. The van der Waals surface area contributed by atoms with Crippen LogP contribution < -0.4 is 5.32 Å². The Labute approximate surface area is 169 Å². The Bertz CT molecular complexity index is 550. The molecule has 8 atom stereocenters. The number of aliphatic hydroxyl groups is 2. The number of hydrogen-bond acceptors (Lipinski definition) is 3. The molecule has 4 rings (SSSR count). The number of allylic oxidation sites excluding steroid dienone is 1. The minimum atomic E-state index is -0.287. The van der Waals surface area contributed by atoms with E-state index < -0.39 is 0 Å². The zero-order valence-corrected chi connectivity index (χ0v) is 18.4. The van der Waals surface area contributed by atoms with Crippen molar-refractivity contribution < 1.29 is 10.2 Å². The minimum absolute atomic E-state index is 0. The average Bonchev–Trinajstić information content (AvgIpc) is 3.01. The van der Waals surface area contributed by atoms with Crippen molar-refractivity contribution in [2.45, 2.75) is 77.4 Å². The third kappa shape index (κ3) is 2.86. The van der Waals surface area contributed by atoms with E-state index in [9.17, 15) is 10.2 Å². The average molecular weight is 428 g/mol. The lowest BCUT2D eigenvalue weighted by Gasteiger charge is -2.58. The minimum Gasteiger partial charge on any atom is -0.396 e. The van der Waals surface area contributed by atoms with Gasteiger partial charge in [-0.15, -0.1) is 17.0 Å². The van der Waals surface area contributed by atoms with Gasteiger partial charge in [-0.25, -0.2) is 0 Å². The van der Waals surface area contributed by atoms with Crippen LogP contribution in [0.3, 0.4) is 0 Å². The lowest BCUT2D eigenvalue weighted by atomic mass is 9.47. The molecule has 3 nitrogen and oxygen atoms in total. The Morgan fingerprint density at radius 1 is 1.19 bits per heavy atom. The molecule has 0 aromatic rings. The zero-order chi connectivity index (χ0) is 17.8. The topological polar surface area (TPSA) is 52.5 Å². The molecule has 0 saturated heterocycles. The molecule has 1 unspecified atom stereocenters. The summed E-state index contributed by atoms with van der Waals surface area (Å²) < 4.78 is 0. The summed E-state index contributed by atoms with van der Waals surface area (Å²) in [5, 5.41) is 24.2. The largest absolute Gasteiger partial charge is 0.396 e. The summed E-state index contributed by atoms with van der Waals surface area (Å²) in [6.07, 6.45) is 12.0. The summed E-state index contributed by atoms with van der Waals surface area (Å²) in [7, 11) is 2.10. The first-order chi connectivity index (χ1) is 12.0. The van der Waals surface area contributed by atoms with Crippen molar-refractivity contribution in [1.29, 1.82) is 0 Å². The van der Waals surface area contributed by atoms with E-state index in [1.165, 1.54) is 38.5 Å². The molecule has 0 spiro atoms. The predicted molar refractivity (Wildman–Crippen MR) is 111 cm³/mol. The molecule has 0 bridgehead atoms. The van der Waals surface area contributed by atoms with E-state index in [4.69, 9.17) is 0 Å². The zero-order valence-electron chi connectivity index (χ0n) is 16.7. The Kier molecular flexibility index (Phi) is 6.00. The van der Waals surface area contributed by atoms with Crippen molar-refractivity contribution in [2.24, 2.45) is 34.5 Å². The summed E-state index contributed by atoms with van der Waals surface area (Å²) in [5.74, 6) is 2.39. The highest BCUT2D eigenvalue weighted by atomic mass is 79.9. The van der Waals surface area contributed by atoms with Gasteiger partial charge in [0, 0.05) is 18.1 Å². The van der Waals surface area contributed by atoms with Gasteiger partial charge >= 0.3 is 0 Å². The fraction of sp³-hybridized carbons (Fsp3) is 0.909. The molecule has 4 aliphatic rings. The maximum atomic E-state index is 10.4. The van der Waals surface area contributed by atoms with Crippen LogP contribution in [0.25, 0.3) is 0 Å². The molecule has 3 N–H and O–H groups in total. The molecular weight excluding hydrogens is 390 g/mol. The molecular formula is C22H38BrNO2. The Morgan fingerprint density at radius 2 is 1.96 bits per heavy atom. The van der Waals surface area contributed by atoms with Gasteiger partial charge in [-0.05, 0) is 94.4 Å². The lowest BCUT2D eigenvalue weighted by molar-refractivity contribution is -0.0972. The first-order valence-electron chi connectivity index (χ1n) is 10.6. The van der Waals surface area contributed by atoms with E-state index in [1.54, 1.807) is 5.57 Å². The van der Waals surface area contributed by atoms with Crippen LogP contribution in [0.5, 0.6) is 0 Å². The van der Waals surface area contributed by atoms with Gasteiger partial charge in [-0.2, -0.15) is 0 Å². The second-order valence-electron chi connectivity index (χ2n) is 9.84. The number of nitrogens with one attached hydrogen (secondary N) is 1. The Hall–Kier alpha value is 0.100. The Morgan fingerprint density at radius 3 is 2.62 bits per heavy atom. The van der Waals surface area contributed by atoms with Gasteiger partial charge in [0.15, 0.2) is 0 Å². The van der Waals surface area contributed by atoms with Crippen LogP contribution in [-0.2, 0) is 0 Å². The van der Waals surface area contributed by atoms with E-state index in [0.717, 1.165) is 18.8 Å². The first-order valence-corrected chi connectivity index (χ1v) is 10.6. The van der Waals surface area contributed by atoms with Gasteiger partial charge < -0.3 is 15.5 Å². The molecule has 0 amide bonds. The number of halogens is 1. The lowest BCUT2D eigenvalue weighted by Crippen LogP contribution is -2.53. The fourth-order valence-corrected chi connectivity index (χ4v) is 7.79. The van der Waals surface area contributed by atoms with Gasteiger partial charge in [0.2, 0.25) is 0 Å². The molecule has 0 aliphatic heterocycles. The molecule has 150 valence electrons.